The topological polar surface area (TPSA) is 55.3 Å². The SMILES string of the molecule is CCN(C(=O)c1cc(Cl)nnc1Cl)C(C)COC. The van der Waals surface area contributed by atoms with Crippen LogP contribution in [0.5, 0.6) is 0 Å². The molecule has 1 atom stereocenters. The first-order valence-corrected chi connectivity index (χ1v) is 6.25. The molecule has 0 saturated heterocycles. The lowest BCUT2D eigenvalue weighted by Gasteiger charge is -2.27. The fraction of sp³-hybridized carbons (Fsp3) is 0.545. The molecule has 0 aromatic carbocycles. The van der Waals surface area contributed by atoms with Crippen LogP contribution in [0.25, 0.3) is 0 Å². The Hall–Kier alpha value is -0.910. The summed E-state index contributed by atoms with van der Waals surface area (Å²) in [6.07, 6.45) is 0. The van der Waals surface area contributed by atoms with E-state index in [4.69, 9.17) is 27.9 Å². The molecule has 0 aliphatic heterocycles. The molecule has 0 aliphatic rings. The van der Waals surface area contributed by atoms with Crippen molar-refractivity contribution < 1.29 is 9.53 Å². The molecule has 0 fully saturated rings. The molecule has 0 spiro atoms. The highest BCUT2D eigenvalue weighted by Crippen LogP contribution is 2.18. The average Bonchev–Trinajstić information content (AvgIpc) is 2.33. The Balaban J connectivity index is 2.99. The van der Waals surface area contributed by atoms with Gasteiger partial charge >= 0.3 is 0 Å². The minimum Gasteiger partial charge on any atom is -0.383 e. The Labute approximate surface area is 116 Å². The predicted molar refractivity (Wildman–Crippen MR) is 70.1 cm³/mol. The molecule has 1 aromatic rings. The van der Waals surface area contributed by atoms with Gasteiger partial charge in [0.1, 0.15) is 0 Å². The molecule has 0 bridgehead atoms. The standard InChI is InChI=1S/C11H15Cl2N3O2/c1-4-16(7(2)6-18-3)11(17)8-5-9(12)14-15-10(8)13/h5,7H,4,6H2,1-3H3. The van der Waals surface area contributed by atoms with Gasteiger partial charge in [0.15, 0.2) is 10.3 Å². The highest BCUT2D eigenvalue weighted by Gasteiger charge is 2.23. The highest BCUT2D eigenvalue weighted by molar-refractivity contribution is 6.34. The zero-order valence-electron chi connectivity index (χ0n) is 10.5. The lowest BCUT2D eigenvalue weighted by molar-refractivity contribution is 0.0579. The summed E-state index contributed by atoms with van der Waals surface area (Å²) in [5, 5.41) is 7.39. The lowest BCUT2D eigenvalue weighted by Crippen LogP contribution is -2.41. The Morgan fingerprint density at radius 3 is 2.72 bits per heavy atom. The van der Waals surface area contributed by atoms with Gasteiger partial charge in [0, 0.05) is 13.7 Å². The van der Waals surface area contributed by atoms with E-state index in [1.165, 1.54) is 6.07 Å². The summed E-state index contributed by atoms with van der Waals surface area (Å²) in [5.74, 6) is -0.233. The minimum atomic E-state index is -0.233. The van der Waals surface area contributed by atoms with Gasteiger partial charge in [-0.25, -0.2) is 0 Å². The van der Waals surface area contributed by atoms with Crippen molar-refractivity contribution in [3.63, 3.8) is 0 Å². The number of carbonyl (C=O) groups is 1. The first kappa shape index (κ1) is 15.1. The van der Waals surface area contributed by atoms with E-state index in [9.17, 15) is 4.79 Å². The molecule has 0 aliphatic carbocycles. The van der Waals surface area contributed by atoms with Gasteiger partial charge in [0.05, 0.1) is 18.2 Å². The van der Waals surface area contributed by atoms with Crippen molar-refractivity contribution in [2.24, 2.45) is 0 Å². The second-order valence-electron chi connectivity index (χ2n) is 3.77. The summed E-state index contributed by atoms with van der Waals surface area (Å²) in [7, 11) is 1.59. The normalized spacial score (nSPS) is 12.3. The van der Waals surface area contributed by atoms with Gasteiger partial charge in [0.2, 0.25) is 0 Å². The van der Waals surface area contributed by atoms with Crippen molar-refractivity contribution in [2.45, 2.75) is 19.9 Å². The smallest absolute Gasteiger partial charge is 0.257 e. The average molecular weight is 292 g/mol. The zero-order valence-corrected chi connectivity index (χ0v) is 12.0. The number of methoxy groups -OCH3 is 1. The van der Waals surface area contributed by atoms with Gasteiger partial charge in [-0.1, -0.05) is 23.2 Å². The number of aromatic nitrogens is 2. The molecular formula is C11H15Cl2N3O2. The van der Waals surface area contributed by atoms with Gasteiger partial charge in [-0.3, -0.25) is 4.79 Å². The van der Waals surface area contributed by atoms with Crippen LogP contribution in [0.15, 0.2) is 6.07 Å². The summed E-state index contributed by atoms with van der Waals surface area (Å²) in [5.41, 5.74) is 0.251. The van der Waals surface area contributed by atoms with Crippen LogP contribution in [0.1, 0.15) is 24.2 Å². The fourth-order valence-corrected chi connectivity index (χ4v) is 1.96. The third-order valence-corrected chi connectivity index (χ3v) is 2.95. The van der Waals surface area contributed by atoms with Gasteiger partial charge in [0.25, 0.3) is 5.91 Å². The maximum Gasteiger partial charge on any atom is 0.257 e. The van der Waals surface area contributed by atoms with Crippen molar-refractivity contribution in [2.75, 3.05) is 20.3 Å². The van der Waals surface area contributed by atoms with Gasteiger partial charge in [-0.05, 0) is 19.9 Å². The Kier molecular flexibility index (Phi) is 5.78. The summed E-state index contributed by atoms with van der Waals surface area (Å²) in [4.78, 5) is 14.0. The van der Waals surface area contributed by atoms with E-state index in [1.807, 2.05) is 13.8 Å². The molecule has 7 heteroatoms. The fourth-order valence-electron chi connectivity index (χ4n) is 1.64. The zero-order chi connectivity index (χ0) is 13.7. The number of carbonyl (C=O) groups excluding carboxylic acids is 1. The van der Waals surface area contributed by atoms with Crippen LogP contribution in [0.4, 0.5) is 0 Å². The third-order valence-electron chi connectivity index (χ3n) is 2.49. The van der Waals surface area contributed by atoms with E-state index >= 15 is 0 Å². The van der Waals surface area contributed by atoms with Gasteiger partial charge in [-0.2, -0.15) is 0 Å². The molecule has 0 N–H and O–H groups in total. The number of ether oxygens (including phenoxy) is 1. The molecule has 0 radical (unpaired) electrons. The number of halogens is 2. The molecule has 18 heavy (non-hydrogen) atoms. The third kappa shape index (κ3) is 3.54. The van der Waals surface area contributed by atoms with Crippen LogP contribution in [0.2, 0.25) is 10.3 Å². The second-order valence-corrected chi connectivity index (χ2v) is 4.51. The van der Waals surface area contributed by atoms with Crippen molar-refractivity contribution in [3.8, 4) is 0 Å². The number of hydrogen-bond acceptors (Lipinski definition) is 4. The predicted octanol–water partition coefficient (Wildman–Crippen LogP) is 2.28. The number of hydrogen-bond donors (Lipinski definition) is 0. The molecule has 1 amide bonds. The molecular weight excluding hydrogens is 277 g/mol. The van der Waals surface area contributed by atoms with E-state index < -0.39 is 0 Å². The van der Waals surface area contributed by atoms with Crippen LogP contribution in [0.3, 0.4) is 0 Å². The molecule has 1 heterocycles. The van der Waals surface area contributed by atoms with Crippen LogP contribution in [-0.2, 0) is 4.74 Å². The summed E-state index contributed by atoms with van der Waals surface area (Å²) < 4.78 is 5.05. The molecule has 1 rings (SSSR count). The highest BCUT2D eigenvalue weighted by atomic mass is 35.5. The van der Waals surface area contributed by atoms with Gasteiger partial charge < -0.3 is 9.64 Å². The summed E-state index contributed by atoms with van der Waals surface area (Å²) in [6.45, 7) is 4.77. The first-order valence-electron chi connectivity index (χ1n) is 5.49. The van der Waals surface area contributed by atoms with Crippen LogP contribution >= 0.6 is 23.2 Å². The van der Waals surface area contributed by atoms with Gasteiger partial charge in [-0.15, -0.1) is 10.2 Å². The maximum atomic E-state index is 12.3. The Morgan fingerprint density at radius 1 is 1.50 bits per heavy atom. The van der Waals surface area contributed by atoms with Crippen LogP contribution in [0, 0.1) is 0 Å². The van der Waals surface area contributed by atoms with Crippen molar-refractivity contribution >= 4 is 29.1 Å². The Bertz CT molecular complexity index is 429. The first-order chi connectivity index (χ1) is 8.51. The summed E-state index contributed by atoms with van der Waals surface area (Å²) >= 11 is 11.6. The number of likely N-dealkylation sites (N-methyl/N-ethyl adjacent to an activating group) is 1. The van der Waals surface area contributed by atoms with E-state index in [2.05, 4.69) is 10.2 Å². The maximum absolute atomic E-state index is 12.3. The van der Waals surface area contributed by atoms with Crippen molar-refractivity contribution in [1.82, 2.24) is 15.1 Å². The second kappa shape index (κ2) is 6.87. The molecule has 5 nitrogen and oxygen atoms in total. The van der Waals surface area contributed by atoms with Crippen molar-refractivity contribution in [3.05, 3.63) is 21.9 Å². The minimum absolute atomic E-state index is 0.0486. The lowest BCUT2D eigenvalue weighted by atomic mass is 10.2. The number of rotatable bonds is 5. The molecule has 0 saturated carbocycles. The van der Waals surface area contributed by atoms with Crippen molar-refractivity contribution in [1.29, 1.82) is 0 Å². The van der Waals surface area contributed by atoms with E-state index in [0.29, 0.717) is 13.2 Å². The largest absolute Gasteiger partial charge is 0.383 e. The van der Waals surface area contributed by atoms with Crippen LogP contribution in [-0.4, -0.2) is 47.3 Å². The number of amides is 1. The van der Waals surface area contributed by atoms with E-state index in [0.717, 1.165) is 0 Å². The Morgan fingerprint density at radius 2 is 2.17 bits per heavy atom. The quantitative estimate of drug-likeness (QED) is 0.835. The van der Waals surface area contributed by atoms with E-state index in [-0.39, 0.29) is 27.8 Å². The monoisotopic (exact) mass is 291 g/mol. The number of nitrogens with zero attached hydrogens (tertiary/aromatic N) is 3. The molecule has 1 unspecified atom stereocenters. The molecule has 100 valence electrons. The van der Waals surface area contributed by atoms with E-state index in [1.54, 1.807) is 12.0 Å². The van der Waals surface area contributed by atoms with Crippen LogP contribution < -0.4 is 0 Å². The molecule has 1 aromatic heterocycles. The summed E-state index contributed by atoms with van der Waals surface area (Å²) in [6, 6.07) is 1.36.